The van der Waals surface area contributed by atoms with Gasteiger partial charge in [0.2, 0.25) is 23.6 Å². The molecule has 0 spiro atoms. The third-order valence-electron chi connectivity index (χ3n) is 5.19. The first-order valence-corrected chi connectivity index (χ1v) is 10.6. The second-order valence-electron chi connectivity index (χ2n) is 8.50. The number of aromatic nitrogens is 5. The van der Waals surface area contributed by atoms with E-state index >= 15 is 0 Å². The van der Waals surface area contributed by atoms with Gasteiger partial charge in [-0.2, -0.15) is 19.5 Å². The summed E-state index contributed by atoms with van der Waals surface area (Å²) in [5, 5.41) is 7.26. The number of hydrogen-bond donors (Lipinski definition) is 2. The fraction of sp³-hybridized carbons (Fsp3) is 0.550. The first-order chi connectivity index (χ1) is 15.7. The molecule has 1 aliphatic heterocycles. The number of piperazine rings is 1. The molecule has 1 atom stereocenters. The number of nitrogen functional groups attached to an aromatic ring is 1. The Morgan fingerprint density at radius 1 is 1.30 bits per heavy atom. The van der Waals surface area contributed by atoms with Crippen molar-refractivity contribution < 1.29 is 18.3 Å². The van der Waals surface area contributed by atoms with Crippen molar-refractivity contribution >= 4 is 23.6 Å². The number of ether oxygens (including phenoxy) is 1. The Bertz CT molecular complexity index is 1090. The molecule has 0 radical (unpaired) electrons. The molecule has 12 nitrogen and oxygen atoms in total. The molecule has 0 bridgehead atoms. The third kappa shape index (κ3) is 5.37. The molecule has 4 heterocycles. The van der Waals surface area contributed by atoms with Crippen molar-refractivity contribution in [2.75, 3.05) is 57.5 Å². The molecule has 178 valence electrons. The number of carbonyl (C=O) groups is 1. The number of alkyl halides is 1. The number of amides is 1. The van der Waals surface area contributed by atoms with Crippen LogP contribution in [0, 0.1) is 0 Å². The number of halogens is 1. The van der Waals surface area contributed by atoms with E-state index in [0.717, 1.165) is 0 Å². The summed E-state index contributed by atoms with van der Waals surface area (Å²) in [5.74, 6) is 1.03. The predicted molar refractivity (Wildman–Crippen MR) is 118 cm³/mol. The molecular formula is C20H28FN9O3. The van der Waals surface area contributed by atoms with E-state index in [1.165, 1.54) is 17.9 Å². The molecule has 0 aliphatic carbocycles. The number of furan rings is 1. The molecular weight excluding hydrogens is 433 g/mol. The smallest absolute Gasteiger partial charge is 0.259 e. The van der Waals surface area contributed by atoms with Gasteiger partial charge in [-0.25, -0.2) is 4.39 Å². The van der Waals surface area contributed by atoms with Crippen LogP contribution in [0.4, 0.5) is 16.3 Å². The van der Waals surface area contributed by atoms with Gasteiger partial charge in [-0.15, -0.1) is 5.10 Å². The molecule has 1 amide bonds. The van der Waals surface area contributed by atoms with E-state index in [4.69, 9.17) is 14.9 Å². The van der Waals surface area contributed by atoms with Gasteiger partial charge in [-0.1, -0.05) is 0 Å². The Hall–Kier alpha value is -3.32. The van der Waals surface area contributed by atoms with Crippen LogP contribution in [0.1, 0.15) is 13.8 Å². The lowest BCUT2D eigenvalue weighted by molar-refractivity contribution is -0.135. The number of nitrogens with zero attached hydrogens (tertiary/aromatic N) is 7. The number of methoxy groups -OCH3 is 1. The van der Waals surface area contributed by atoms with E-state index in [1.807, 2.05) is 4.90 Å². The summed E-state index contributed by atoms with van der Waals surface area (Å²) in [7, 11) is 1.51. The highest BCUT2D eigenvalue weighted by Crippen LogP contribution is 2.18. The van der Waals surface area contributed by atoms with E-state index in [-0.39, 0.29) is 30.2 Å². The lowest BCUT2D eigenvalue weighted by Gasteiger charge is -2.38. The van der Waals surface area contributed by atoms with E-state index < -0.39 is 11.7 Å². The molecule has 33 heavy (non-hydrogen) atoms. The standard InChI is InChI=1S/C20H28FN9O3/c1-20(2,21)12-28-6-8-29(9-7-28)16(31)13(11-32-3)23-18-25-17(22)30-19(26-18)24-15(27-30)14-5-4-10-33-14/h4-5,10,13H,6-9,11-12H2,1-3H3,(H3,22,23,24,25,26,27)/t13-/m0/s1. The maximum absolute atomic E-state index is 13.9. The zero-order valence-corrected chi connectivity index (χ0v) is 18.9. The average molecular weight is 462 g/mol. The van der Waals surface area contributed by atoms with Crippen LogP contribution in [0.2, 0.25) is 0 Å². The fourth-order valence-corrected chi connectivity index (χ4v) is 3.76. The lowest BCUT2D eigenvalue weighted by Crippen LogP contribution is -2.55. The van der Waals surface area contributed by atoms with Crippen LogP contribution in [-0.4, -0.2) is 98.4 Å². The van der Waals surface area contributed by atoms with Crippen LogP contribution < -0.4 is 11.1 Å². The number of rotatable bonds is 8. The number of nitrogens with two attached hydrogens (primary N) is 1. The number of anilines is 2. The molecule has 3 aromatic heterocycles. The van der Waals surface area contributed by atoms with Gasteiger partial charge < -0.3 is 25.1 Å². The van der Waals surface area contributed by atoms with Crippen LogP contribution >= 0.6 is 0 Å². The van der Waals surface area contributed by atoms with Gasteiger partial charge in [0.15, 0.2) is 5.76 Å². The Morgan fingerprint density at radius 3 is 2.70 bits per heavy atom. The van der Waals surface area contributed by atoms with Crippen molar-refractivity contribution in [3.8, 4) is 11.6 Å². The summed E-state index contributed by atoms with van der Waals surface area (Å²) < 4.78 is 25.8. The highest BCUT2D eigenvalue weighted by Gasteiger charge is 2.30. The lowest BCUT2D eigenvalue weighted by atomic mass is 10.1. The maximum Gasteiger partial charge on any atom is 0.259 e. The SMILES string of the molecule is COC[C@H](Nc1nc(N)n2nc(-c3ccco3)nc2n1)C(=O)N1CCN(CC(C)(C)F)CC1. The average Bonchev–Trinajstić information content (AvgIpc) is 3.42. The molecule has 3 N–H and O–H groups in total. The summed E-state index contributed by atoms with van der Waals surface area (Å²) in [5.41, 5.74) is 4.76. The van der Waals surface area contributed by atoms with Crippen LogP contribution in [0.15, 0.2) is 22.8 Å². The predicted octanol–water partition coefficient (Wildman–Crippen LogP) is 0.681. The zero-order chi connectivity index (χ0) is 23.6. The maximum atomic E-state index is 13.9. The van der Waals surface area contributed by atoms with Crippen molar-refractivity contribution in [3.63, 3.8) is 0 Å². The van der Waals surface area contributed by atoms with Crippen molar-refractivity contribution in [2.24, 2.45) is 0 Å². The van der Waals surface area contributed by atoms with Crippen molar-refractivity contribution in [2.45, 2.75) is 25.6 Å². The molecule has 1 aliphatic rings. The van der Waals surface area contributed by atoms with Gasteiger partial charge in [-0.05, 0) is 26.0 Å². The number of nitrogens with one attached hydrogen (secondary N) is 1. The summed E-state index contributed by atoms with van der Waals surface area (Å²) in [6.45, 7) is 5.74. The largest absolute Gasteiger partial charge is 0.461 e. The van der Waals surface area contributed by atoms with Gasteiger partial charge in [-0.3, -0.25) is 9.69 Å². The zero-order valence-electron chi connectivity index (χ0n) is 18.9. The molecule has 0 aromatic carbocycles. The monoisotopic (exact) mass is 461 g/mol. The molecule has 0 unspecified atom stereocenters. The Balaban J connectivity index is 1.47. The minimum Gasteiger partial charge on any atom is -0.461 e. The summed E-state index contributed by atoms with van der Waals surface area (Å²) in [6.07, 6.45) is 1.52. The van der Waals surface area contributed by atoms with Gasteiger partial charge in [0.05, 0.1) is 12.9 Å². The van der Waals surface area contributed by atoms with Crippen molar-refractivity contribution in [1.29, 1.82) is 0 Å². The Morgan fingerprint density at radius 2 is 2.06 bits per heavy atom. The topological polar surface area (TPSA) is 140 Å². The van der Waals surface area contributed by atoms with Crippen molar-refractivity contribution in [3.05, 3.63) is 18.4 Å². The van der Waals surface area contributed by atoms with E-state index in [1.54, 1.807) is 30.9 Å². The quantitative estimate of drug-likeness (QED) is 0.492. The van der Waals surface area contributed by atoms with Crippen LogP contribution in [0.3, 0.4) is 0 Å². The van der Waals surface area contributed by atoms with Crippen LogP contribution in [0.25, 0.3) is 17.4 Å². The minimum absolute atomic E-state index is 0.0545. The van der Waals surface area contributed by atoms with Crippen LogP contribution in [0.5, 0.6) is 0 Å². The first kappa shape index (κ1) is 22.9. The number of carbonyl (C=O) groups excluding carboxylic acids is 1. The number of fused-ring (bicyclic) bond motifs is 1. The Labute approximate surface area is 189 Å². The molecule has 0 saturated carbocycles. The normalized spacial score (nSPS) is 16.3. The van der Waals surface area contributed by atoms with Crippen LogP contribution in [-0.2, 0) is 9.53 Å². The molecule has 13 heteroatoms. The van der Waals surface area contributed by atoms with Gasteiger partial charge in [0, 0.05) is 39.8 Å². The molecule has 1 saturated heterocycles. The summed E-state index contributed by atoms with van der Waals surface area (Å²) in [4.78, 5) is 29.8. The summed E-state index contributed by atoms with van der Waals surface area (Å²) in [6, 6.07) is 2.72. The molecule has 1 fully saturated rings. The highest BCUT2D eigenvalue weighted by molar-refractivity contribution is 5.84. The highest BCUT2D eigenvalue weighted by atomic mass is 19.1. The minimum atomic E-state index is -1.28. The molecule has 3 aromatic rings. The van der Waals surface area contributed by atoms with Gasteiger partial charge in [0.1, 0.15) is 11.7 Å². The Kier molecular flexibility index (Phi) is 6.42. The van der Waals surface area contributed by atoms with Gasteiger partial charge >= 0.3 is 0 Å². The first-order valence-electron chi connectivity index (χ1n) is 10.6. The second-order valence-corrected chi connectivity index (χ2v) is 8.50. The van der Waals surface area contributed by atoms with E-state index in [2.05, 4.69) is 25.4 Å². The third-order valence-corrected chi connectivity index (χ3v) is 5.19. The fourth-order valence-electron chi connectivity index (χ4n) is 3.76. The van der Waals surface area contributed by atoms with E-state index in [9.17, 15) is 9.18 Å². The van der Waals surface area contributed by atoms with Gasteiger partial charge in [0.25, 0.3) is 5.78 Å². The molecule has 4 rings (SSSR count). The second kappa shape index (κ2) is 9.27. The summed E-state index contributed by atoms with van der Waals surface area (Å²) >= 11 is 0. The van der Waals surface area contributed by atoms with Crippen molar-refractivity contribution in [1.82, 2.24) is 34.4 Å². The van der Waals surface area contributed by atoms with E-state index in [0.29, 0.717) is 44.3 Å². The number of hydrogen-bond acceptors (Lipinski definition) is 10.